The molecule has 0 aromatic heterocycles. The van der Waals surface area contributed by atoms with Crippen LogP contribution in [0.25, 0.3) is 0 Å². The lowest BCUT2D eigenvalue weighted by Gasteiger charge is -2.53. The Morgan fingerprint density at radius 1 is 1.10 bits per heavy atom. The minimum atomic E-state index is 0.0470. The van der Waals surface area contributed by atoms with Crippen molar-refractivity contribution < 1.29 is 4.79 Å². The molecule has 0 saturated heterocycles. The highest BCUT2D eigenvalue weighted by Gasteiger charge is 2.50. The number of rotatable bonds is 4. The molecule has 21 heavy (non-hydrogen) atoms. The van der Waals surface area contributed by atoms with Crippen LogP contribution in [0.5, 0.6) is 0 Å². The van der Waals surface area contributed by atoms with E-state index in [4.69, 9.17) is 11.6 Å². The van der Waals surface area contributed by atoms with Crippen molar-refractivity contribution in [3.63, 3.8) is 0 Å². The van der Waals surface area contributed by atoms with E-state index in [0.717, 1.165) is 18.3 Å². The minimum Gasteiger partial charge on any atom is -0.354 e. The summed E-state index contributed by atoms with van der Waals surface area (Å²) in [6.07, 6.45) is 7.59. The van der Waals surface area contributed by atoms with Gasteiger partial charge in [-0.2, -0.15) is 0 Å². The number of hydrogen-bond donors (Lipinski definition) is 1. The number of carbonyl (C=O) groups excluding carboxylic acids is 1. The molecule has 3 heteroatoms. The zero-order valence-electron chi connectivity index (χ0n) is 13.7. The van der Waals surface area contributed by atoms with Gasteiger partial charge in [-0.15, -0.1) is 11.6 Å². The molecule has 4 rings (SSSR count). The maximum Gasteiger partial charge on any atom is 0.223 e. The number of hydrogen-bond acceptors (Lipinski definition) is 1. The molecular formula is C18H30ClNO. The van der Waals surface area contributed by atoms with E-state index >= 15 is 0 Å². The van der Waals surface area contributed by atoms with E-state index < -0.39 is 0 Å². The highest BCUT2D eigenvalue weighted by Crippen LogP contribution is 2.56. The Kier molecular flexibility index (Phi) is 4.29. The van der Waals surface area contributed by atoms with Crippen molar-refractivity contribution in [3.05, 3.63) is 0 Å². The third kappa shape index (κ3) is 3.57. The molecule has 1 unspecified atom stereocenters. The summed E-state index contributed by atoms with van der Waals surface area (Å²) in [7, 11) is 0. The molecule has 0 heterocycles. The third-order valence-electron chi connectivity index (χ3n) is 5.86. The summed E-state index contributed by atoms with van der Waals surface area (Å²) in [6.45, 7) is 7.21. The van der Waals surface area contributed by atoms with Crippen LogP contribution >= 0.6 is 11.6 Å². The smallest absolute Gasteiger partial charge is 0.223 e. The van der Waals surface area contributed by atoms with Gasteiger partial charge >= 0.3 is 0 Å². The lowest BCUT2D eigenvalue weighted by molar-refractivity contribution is -0.138. The van der Waals surface area contributed by atoms with Crippen LogP contribution in [-0.2, 0) is 4.79 Å². The molecule has 120 valence electrons. The summed E-state index contributed by atoms with van der Waals surface area (Å²) in [6, 6.07) is 0. The number of carbonyl (C=O) groups is 1. The molecule has 0 aliphatic heterocycles. The number of nitrogens with one attached hydrogen (secondary N) is 1. The van der Waals surface area contributed by atoms with Gasteiger partial charge in [-0.3, -0.25) is 4.79 Å². The fourth-order valence-corrected chi connectivity index (χ4v) is 5.96. The van der Waals surface area contributed by atoms with E-state index in [2.05, 4.69) is 26.1 Å². The first-order valence-corrected chi connectivity index (χ1v) is 9.17. The summed E-state index contributed by atoms with van der Waals surface area (Å²) in [5, 5.41) is 3.21. The lowest BCUT2D eigenvalue weighted by Crippen LogP contribution is -2.51. The van der Waals surface area contributed by atoms with Gasteiger partial charge in [0.15, 0.2) is 0 Å². The van der Waals surface area contributed by atoms with Crippen LogP contribution in [0.2, 0.25) is 0 Å². The molecule has 2 nitrogen and oxygen atoms in total. The molecule has 0 aromatic rings. The van der Waals surface area contributed by atoms with Crippen molar-refractivity contribution in [3.8, 4) is 0 Å². The van der Waals surface area contributed by atoms with Crippen LogP contribution < -0.4 is 5.32 Å². The van der Waals surface area contributed by atoms with Crippen molar-refractivity contribution in [1.82, 2.24) is 5.32 Å². The average molecular weight is 312 g/mol. The predicted octanol–water partition coefficient (Wildman–Crippen LogP) is 4.22. The van der Waals surface area contributed by atoms with Gasteiger partial charge in [0, 0.05) is 12.5 Å². The van der Waals surface area contributed by atoms with Gasteiger partial charge in [0.05, 0.1) is 5.38 Å². The predicted molar refractivity (Wildman–Crippen MR) is 87.3 cm³/mol. The van der Waals surface area contributed by atoms with E-state index in [1.54, 1.807) is 0 Å². The van der Waals surface area contributed by atoms with Crippen LogP contribution in [0.1, 0.15) is 59.3 Å². The molecule has 4 aliphatic carbocycles. The lowest BCUT2D eigenvalue weighted by atomic mass is 9.51. The fourth-order valence-electron chi connectivity index (χ4n) is 5.42. The van der Waals surface area contributed by atoms with Gasteiger partial charge in [0.25, 0.3) is 0 Å². The molecule has 1 N–H and O–H groups in total. The third-order valence-corrected chi connectivity index (χ3v) is 6.17. The molecule has 0 spiro atoms. The Morgan fingerprint density at radius 3 is 2.10 bits per heavy atom. The van der Waals surface area contributed by atoms with Gasteiger partial charge in [-0.25, -0.2) is 0 Å². The van der Waals surface area contributed by atoms with Crippen molar-refractivity contribution in [2.75, 3.05) is 6.54 Å². The van der Waals surface area contributed by atoms with Gasteiger partial charge in [-0.05, 0) is 67.6 Å². The number of halogens is 1. The Bertz CT molecular complexity index is 373. The quantitative estimate of drug-likeness (QED) is 0.774. The largest absolute Gasteiger partial charge is 0.354 e. The van der Waals surface area contributed by atoms with Crippen molar-refractivity contribution in [2.45, 2.75) is 64.7 Å². The van der Waals surface area contributed by atoms with Crippen LogP contribution in [-0.4, -0.2) is 17.8 Å². The second-order valence-electron chi connectivity index (χ2n) is 9.06. The maximum absolute atomic E-state index is 12.6. The fraction of sp³-hybridized carbons (Fsp3) is 0.944. The summed E-state index contributed by atoms with van der Waals surface area (Å²) >= 11 is 6.38. The zero-order chi connectivity index (χ0) is 15.2. The van der Waals surface area contributed by atoms with Crippen molar-refractivity contribution in [1.29, 1.82) is 0 Å². The van der Waals surface area contributed by atoms with Crippen LogP contribution in [0.15, 0.2) is 0 Å². The molecule has 4 saturated carbocycles. The Morgan fingerprint density at radius 2 is 1.62 bits per heavy atom. The van der Waals surface area contributed by atoms with E-state index in [0.29, 0.717) is 24.3 Å². The van der Waals surface area contributed by atoms with Crippen molar-refractivity contribution in [2.24, 2.45) is 35.0 Å². The van der Waals surface area contributed by atoms with Crippen LogP contribution in [0, 0.1) is 35.0 Å². The molecule has 4 aliphatic rings. The molecule has 1 amide bonds. The van der Waals surface area contributed by atoms with Gasteiger partial charge < -0.3 is 5.32 Å². The molecule has 4 bridgehead atoms. The van der Waals surface area contributed by atoms with E-state index in [1.807, 2.05) is 0 Å². The summed E-state index contributed by atoms with van der Waals surface area (Å²) in [4.78, 5) is 12.6. The van der Waals surface area contributed by atoms with E-state index in [-0.39, 0.29) is 16.7 Å². The molecular weight excluding hydrogens is 282 g/mol. The monoisotopic (exact) mass is 311 g/mol. The first-order valence-electron chi connectivity index (χ1n) is 8.73. The normalized spacial score (nSPS) is 39.3. The Hall–Kier alpha value is -0.240. The minimum absolute atomic E-state index is 0.0470. The van der Waals surface area contributed by atoms with E-state index in [1.165, 1.54) is 32.1 Å². The first kappa shape index (κ1) is 15.6. The Labute approximate surface area is 134 Å². The number of alkyl halides is 1. The van der Waals surface area contributed by atoms with Gasteiger partial charge in [0.2, 0.25) is 5.91 Å². The second kappa shape index (κ2) is 5.76. The second-order valence-corrected chi connectivity index (χ2v) is 9.68. The summed E-state index contributed by atoms with van der Waals surface area (Å²) in [5.41, 5.74) is 0.222. The molecule has 1 atom stereocenters. The van der Waals surface area contributed by atoms with E-state index in [9.17, 15) is 4.79 Å². The summed E-state index contributed by atoms with van der Waals surface area (Å²) in [5.74, 6) is 3.77. The average Bonchev–Trinajstić information content (AvgIpc) is 2.33. The van der Waals surface area contributed by atoms with Crippen LogP contribution in [0.4, 0.5) is 0 Å². The first-order chi connectivity index (χ1) is 9.82. The van der Waals surface area contributed by atoms with Crippen molar-refractivity contribution >= 4 is 17.5 Å². The van der Waals surface area contributed by atoms with Gasteiger partial charge in [0.1, 0.15) is 0 Å². The SMILES string of the molecule is CC(C)(C)CC(Cl)CNC(=O)C1C2CC3CC(C2)CC1C3. The zero-order valence-corrected chi connectivity index (χ0v) is 14.5. The number of amides is 1. The highest BCUT2D eigenvalue weighted by molar-refractivity contribution is 6.20. The Balaban J connectivity index is 1.52. The molecule has 4 fully saturated rings. The molecule has 0 aromatic carbocycles. The topological polar surface area (TPSA) is 29.1 Å². The van der Waals surface area contributed by atoms with Crippen LogP contribution in [0.3, 0.4) is 0 Å². The maximum atomic E-state index is 12.6. The summed E-state index contributed by atoms with van der Waals surface area (Å²) < 4.78 is 0. The molecule has 0 radical (unpaired) electrons. The van der Waals surface area contributed by atoms with Gasteiger partial charge in [-0.1, -0.05) is 20.8 Å². The standard InChI is InChI=1S/C18H30ClNO/c1-18(2,3)9-15(19)10-20-17(21)16-13-5-11-4-12(7-13)8-14(16)6-11/h11-16H,4-10H2,1-3H3,(H,20,21). The highest BCUT2D eigenvalue weighted by atomic mass is 35.5.